The molecule has 1 saturated carbocycles. The molecule has 0 aliphatic heterocycles. The van der Waals surface area contributed by atoms with Crippen molar-refractivity contribution in [3.63, 3.8) is 0 Å². The molecule has 3 rings (SSSR count). The minimum Gasteiger partial charge on any atom is -0.326 e. The molecule has 2 amide bonds. The van der Waals surface area contributed by atoms with Crippen LogP contribution in [0.15, 0.2) is 36.5 Å². The van der Waals surface area contributed by atoms with E-state index in [9.17, 15) is 9.59 Å². The van der Waals surface area contributed by atoms with Crippen molar-refractivity contribution >= 4 is 23.3 Å². The highest BCUT2D eigenvalue weighted by Crippen LogP contribution is 2.25. The average Bonchev–Trinajstić information content (AvgIpc) is 3.11. The molecule has 0 bridgehead atoms. The Bertz CT molecular complexity index is 776. The number of carbonyl (C=O) groups excluding carboxylic acids is 2. The van der Waals surface area contributed by atoms with Crippen molar-refractivity contribution in [1.29, 1.82) is 0 Å². The van der Waals surface area contributed by atoms with Gasteiger partial charge in [0.05, 0.1) is 6.20 Å². The Balaban J connectivity index is 1.67. The van der Waals surface area contributed by atoms with Crippen LogP contribution in [0.1, 0.15) is 62.4 Å². The number of benzene rings is 1. The molecule has 1 heterocycles. The Morgan fingerprint density at radius 2 is 1.88 bits per heavy atom. The molecule has 0 unspecified atom stereocenters. The van der Waals surface area contributed by atoms with Gasteiger partial charge in [0.1, 0.15) is 5.82 Å². The van der Waals surface area contributed by atoms with Gasteiger partial charge in [0.2, 0.25) is 5.91 Å². The van der Waals surface area contributed by atoms with E-state index in [1.54, 1.807) is 35.1 Å². The molecular weight excluding hydrogens is 328 g/mol. The smallest absolute Gasteiger partial charge is 0.256 e. The predicted molar refractivity (Wildman–Crippen MR) is 102 cm³/mol. The van der Waals surface area contributed by atoms with Crippen LogP contribution in [-0.2, 0) is 4.79 Å². The van der Waals surface area contributed by atoms with Crippen molar-refractivity contribution < 1.29 is 9.59 Å². The second kappa shape index (κ2) is 8.17. The first-order valence-electron chi connectivity index (χ1n) is 9.30. The largest absolute Gasteiger partial charge is 0.326 e. The molecule has 0 saturated heterocycles. The SMILES string of the molecule is CC(C)n1nccc1NC(=O)c1cccc(NC(=O)C2CCCCC2)c1. The lowest BCUT2D eigenvalue weighted by Crippen LogP contribution is -2.25. The third-order valence-electron chi connectivity index (χ3n) is 4.77. The van der Waals surface area contributed by atoms with E-state index in [-0.39, 0.29) is 23.8 Å². The van der Waals surface area contributed by atoms with Crippen LogP contribution < -0.4 is 10.6 Å². The van der Waals surface area contributed by atoms with Crippen LogP contribution in [-0.4, -0.2) is 21.6 Å². The van der Waals surface area contributed by atoms with Gasteiger partial charge in [-0.1, -0.05) is 25.3 Å². The van der Waals surface area contributed by atoms with E-state index in [1.807, 2.05) is 19.9 Å². The van der Waals surface area contributed by atoms with Crippen LogP contribution in [0, 0.1) is 5.92 Å². The van der Waals surface area contributed by atoms with Crippen LogP contribution in [0.2, 0.25) is 0 Å². The maximum absolute atomic E-state index is 12.6. The highest BCUT2D eigenvalue weighted by molar-refractivity contribution is 6.05. The molecule has 6 heteroatoms. The zero-order valence-electron chi connectivity index (χ0n) is 15.4. The molecule has 138 valence electrons. The number of nitrogens with zero attached hydrogens (tertiary/aromatic N) is 2. The monoisotopic (exact) mass is 354 g/mol. The van der Waals surface area contributed by atoms with Crippen LogP contribution >= 0.6 is 0 Å². The first-order valence-corrected chi connectivity index (χ1v) is 9.30. The van der Waals surface area contributed by atoms with E-state index < -0.39 is 0 Å². The number of amides is 2. The number of carbonyl (C=O) groups is 2. The summed E-state index contributed by atoms with van der Waals surface area (Å²) in [6, 6.07) is 8.97. The normalized spacial score (nSPS) is 15.0. The van der Waals surface area contributed by atoms with Crippen molar-refractivity contribution in [2.45, 2.75) is 52.0 Å². The summed E-state index contributed by atoms with van der Waals surface area (Å²) in [5.41, 5.74) is 1.16. The molecule has 26 heavy (non-hydrogen) atoms. The van der Waals surface area contributed by atoms with Gasteiger partial charge in [0.15, 0.2) is 0 Å². The minimum absolute atomic E-state index is 0.0557. The van der Waals surface area contributed by atoms with Gasteiger partial charge in [-0.2, -0.15) is 5.10 Å². The summed E-state index contributed by atoms with van der Waals surface area (Å²) < 4.78 is 1.76. The number of aromatic nitrogens is 2. The molecule has 6 nitrogen and oxygen atoms in total. The summed E-state index contributed by atoms with van der Waals surface area (Å²) in [6.45, 7) is 4.01. The Morgan fingerprint density at radius 1 is 1.12 bits per heavy atom. The summed E-state index contributed by atoms with van der Waals surface area (Å²) in [6.07, 6.45) is 7.01. The van der Waals surface area contributed by atoms with Gasteiger partial charge < -0.3 is 10.6 Å². The summed E-state index contributed by atoms with van der Waals surface area (Å²) in [7, 11) is 0. The van der Waals surface area contributed by atoms with Crippen molar-refractivity contribution in [1.82, 2.24) is 9.78 Å². The fraction of sp³-hybridized carbons (Fsp3) is 0.450. The second-order valence-corrected chi connectivity index (χ2v) is 7.11. The number of nitrogens with one attached hydrogen (secondary N) is 2. The standard InChI is InChI=1S/C20H26N4O2/c1-14(2)24-18(11-12-21-24)23-20(26)16-9-6-10-17(13-16)22-19(25)15-7-4-3-5-8-15/h6,9-15H,3-5,7-8H2,1-2H3,(H,22,25)(H,23,26). The molecule has 0 spiro atoms. The Morgan fingerprint density at radius 3 is 2.62 bits per heavy atom. The fourth-order valence-electron chi connectivity index (χ4n) is 3.36. The van der Waals surface area contributed by atoms with Crippen molar-refractivity contribution in [2.24, 2.45) is 5.92 Å². The third-order valence-corrected chi connectivity index (χ3v) is 4.77. The van der Waals surface area contributed by atoms with Gasteiger partial charge in [-0.05, 0) is 44.9 Å². The quantitative estimate of drug-likeness (QED) is 0.843. The summed E-state index contributed by atoms with van der Waals surface area (Å²) >= 11 is 0. The molecule has 2 N–H and O–H groups in total. The van der Waals surface area contributed by atoms with Crippen LogP contribution in [0.4, 0.5) is 11.5 Å². The third kappa shape index (κ3) is 4.31. The molecule has 1 aliphatic carbocycles. The molecule has 1 fully saturated rings. The zero-order valence-corrected chi connectivity index (χ0v) is 15.4. The van der Waals surface area contributed by atoms with Gasteiger partial charge in [-0.3, -0.25) is 9.59 Å². The fourth-order valence-corrected chi connectivity index (χ4v) is 3.36. The molecular formula is C20H26N4O2. The van der Waals surface area contributed by atoms with E-state index in [1.165, 1.54) is 6.42 Å². The van der Waals surface area contributed by atoms with Crippen molar-refractivity contribution in [3.05, 3.63) is 42.1 Å². The summed E-state index contributed by atoms with van der Waals surface area (Å²) in [4.78, 5) is 25.0. The molecule has 1 aromatic carbocycles. The molecule has 1 aliphatic rings. The van der Waals surface area contributed by atoms with Gasteiger partial charge in [-0.25, -0.2) is 4.68 Å². The Labute approximate surface area is 154 Å². The number of rotatable bonds is 5. The number of hydrogen-bond donors (Lipinski definition) is 2. The van der Waals surface area contributed by atoms with Crippen molar-refractivity contribution in [2.75, 3.05) is 10.6 Å². The zero-order chi connectivity index (χ0) is 18.5. The second-order valence-electron chi connectivity index (χ2n) is 7.11. The van der Waals surface area contributed by atoms with Gasteiger partial charge >= 0.3 is 0 Å². The first-order chi connectivity index (χ1) is 12.5. The number of anilines is 2. The van der Waals surface area contributed by atoms with Crippen LogP contribution in [0.25, 0.3) is 0 Å². The maximum Gasteiger partial charge on any atom is 0.256 e. The first kappa shape index (κ1) is 18.2. The van der Waals surface area contributed by atoms with Gasteiger partial charge in [0.25, 0.3) is 5.91 Å². The van der Waals surface area contributed by atoms with Crippen molar-refractivity contribution in [3.8, 4) is 0 Å². The Hall–Kier alpha value is -2.63. The van der Waals surface area contributed by atoms with E-state index in [0.717, 1.165) is 25.7 Å². The molecule has 1 aromatic heterocycles. The average molecular weight is 354 g/mol. The highest BCUT2D eigenvalue weighted by Gasteiger charge is 2.21. The lowest BCUT2D eigenvalue weighted by Gasteiger charge is -2.20. The van der Waals surface area contributed by atoms with E-state index in [2.05, 4.69) is 15.7 Å². The number of hydrogen-bond acceptors (Lipinski definition) is 3. The lowest BCUT2D eigenvalue weighted by atomic mass is 9.88. The lowest BCUT2D eigenvalue weighted by molar-refractivity contribution is -0.120. The molecule has 0 radical (unpaired) electrons. The highest BCUT2D eigenvalue weighted by atomic mass is 16.2. The maximum atomic E-state index is 12.6. The van der Waals surface area contributed by atoms with Gasteiger partial charge in [0, 0.05) is 29.3 Å². The van der Waals surface area contributed by atoms with Crippen LogP contribution in [0.3, 0.4) is 0 Å². The topological polar surface area (TPSA) is 76.0 Å². The minimum atomic E-state index is -0.221. The molecule has 0 atom stereocenters. The molecule has 2 aromatic rings. The van der Waals surface area contributed by atoms with E-state index >= 15 is 0 Å². The van der Waals surface area contributed by atoms with Crippen LogP contribution in [0.5, 0.6) is 0 Å². The Kier molecular flexibility index (Phi) is 5.71. The summed E-state index contributed by atoms with van der Waals surface area (Å²) in [5.74, 6) is 0.574. The van der Waals surface area contributed by atoms with E-state index in [4.69, 9.17) is 0 Å². The van der Waals surface area contributed by atoms with Gasteiger partial charge in [-0.15, -0.1) is 0 Å². The predicted octanol–water partition coefficient (Wildman–Crippen LogP) is 4.24. The van der Waals surface area contributed by atoms with E-state index in [0.29, 0.717) is 17.1 Å². The summed E-state index contributed by atoms with van der Waals surface area (Å²) in [5, 5.41) is 10.1.